The Kier molecular flexibility index (Phi) is 3.84. The molecule has 2 N–H and O–H groups in total. The number of hydrogen-bond acceptors (Lipinski definition) is 3. The first kappa shape index (κ1) is 16.1. The molecule has 0 bridgehead atoms. The number of Topliss-reactive ketones (excluding diaryl/α,β-unsaturated/α-hetero) is 1. The highest BCUT2D eigenvalue weighted by molar-refractivity contribution is 6.11. The van der Waals surface area contributed by atoms with Crippen molar-refractivity contribution >= 4 is 33.6 Å². The molecule has 130 valence electrons. The minimum Gasteiger partial charge on any atom is -0.454 e. The summed E-state index contributed by atoms with van der Waals surface area (Å²) in [6.45, 7) is 3.38. The van der Waals surface area contributed by atoms with E-state index in [1.807, 2.05) is 62.4 Å². The molecule has 0 saturated heterocycles. The molecule has 5 heteroatoms. The second-order valence-electron chi connectivity index (χ2n) is 6.34. The fourth-order valence-corrected chi connectivity index (χ4v) is 3.45. The van der Waals surface area contributed by atoms with Gasteiger partial charge in [0.15, 0.2) is 6.61 Å². The second kappa shape index (κ2) is 6.19. The monoisotopic (exact) mass is 346 g/mol. The van der Waals surface area contributed by atoms with E-state index in [9.17, 15) is 9.59 Å². The second-order valence-corrected chi connectivity index (χ2v) is 6.34. The van der Waals surface area contributed by atoms with Crippen LogP contribution in [0.4, 0.5) is 0 Å². The van der Waals surface area contributed by atoms with E-state index < -0.39 is 5.97 Å². The molecule has 0 aliphatic heterocycles. The quantitative estimate of drug-likeness (QED) is 0.427. The lowest BCUT2D eigenvalue weighted by atomic mass is 10.1. The molecular weight excluding hydrogens is 328 g/mol. The minimum atomic E-state index is -0.495. The number of esters is 1. The molecule has 0 fully saturated rings. The van der Waals surface area contributed by atoms with Gasteiger partial charge in [0.2, 0.25) is 5.78 Å². The van der Waals surface area contributed by atoms with Gasteiger partial charge in [-0.2, -0.15) is 0 Å². The largest absolute Gasteiger partial charge is 0.454 e. The summed E-state index contributed by atoms with van der Waals surface area (Å²) in [6.07, 6.45) is 0. The maximum absolute atomic E-state index is 12.7. The number of nitrogens with one attached hydrogen (secondary N) is 2. The Labute approximate surface area is 150 Å². The van der Waals surface area contributed by atoms with Crippen molar-refractivity contribution in [2.75, 3.05) is 6.61 Å². The normalized spacial score (nSPS) is 11.2. The van der Waals surface area contributed by atoms with Gasteiger partial charge in [0.25, 0.3) is 0 Å². The Morgan fingerprint density at radius 2 is 1.31 bits per heavy atom. The van der Waals surface area contributed by atoms with Crippen LogP contribution in [0.2, 0.25) is 0 Å². The Bertz CT molecular complexity index is 1060. The van der Waals surface area contributed by atoms with Crippen LogP contribution in [0.15, 0.2) is 48.5 Å². The number of aromatic amines is 2. The van der Waals surface area contributed by atoms with Crippen molar-refractivity contribution in [3.63, 3.8) is 0 Å². The highest BCUT2D eigenvalue weighted by atomic mass is 16.5. The van der Waals surface area contributed by atoms with Crippen molar-refractivity contribution in [2.24, 2.45) is 0 Å². The number of ketones is 1. The van der Waals surface area contributed by atoms with Crippen molar-refractivity contribution in [2.45, 2.75) is 13.8 Å². The van der Waals surface area contributed by atoms with Crippen LogP contribution in [0.25, 0.3) is 21.8 Å². The molecule has 4 rings (SSSR count). The van der Waals surface area contributed by atoms with Crippen LogP contribution in [-0.4, -0.2) is 28.3 Å². The SMILES string of the molecule is Cc1[nH]c2ccccc2c1C(=O)COC(=O)c1c(C)[nH]c2ccccc12. The summed E-state index contributed by atoms with van der Waals surface area (Å²) in [5.41, 5.74) is 4.32. The average Bonchev–Trinajstić information content (AvgIpc) is 3.14. The Morgan fingerprint density at radius 3 is 1.92 bits per heavy atom. The van der Waals surface area contributed by atoms with Gasteiger partial charge in [0.1, 0.15) is 0 Å². The summed E-state index contributed by atoms with van der Waals surface area (Å²) in [7, 11) is 0. The maximum atomic E-state index is 12.7. The summed E-state index contributed by atoms with van der Waals surface area (Å²) in [5.74, 6) is -0.711. The van der Waals surface area contributed by atoms with Gasteiger partial charge >= 0.3 is 5.97 Å². The molecule has 2 aromatic carbocycles. The van der Waals surface area contributed by atoms with Gasteiger partial charge in [-0.05, 0) is 26.0 Å². The first-order valence-corrected chi connectivity index (χ1v) is 8.41. The van der Waals surface area contributed by atoms with Gasteiger partial charge in [-0.3, -0.25) is 4.79 Å². The zero-order valence-corrected chi connectivity index (χ0v) is 14.6. The van der Waals surface area contributed by atoms with E-state index in [4.69, 9.17) is 4.74 Å². The maximum Gasteiger partial charge on any atom is 0.341 e. The molecule has 5 nitrogen and oxygen atoms in total. The number of aromatic nitrogens is 2. The van der Waals surface area contributed by atoms with E-state index >= 15 is 0 Å². The van der Waals surface area contributed by atoms with Gasteiger partial charge in [0, 0.05) is 38.8 Å². The predicted molar refractivity (Wildman–Crippen MR) is 101 cm³/mol. The molecule has 4 aromatic rings. The summed E-state index contributed by atoms with van der Waals surface area (Å²) in [4.78, 5) is 31.6. The van der Waals surface area contributed by atoms with Crippen LogP contribution in [0, 0.1) is 13.8 Å². The molecule has 0 aliphatic rings. The van der Waals surface area contributed by atoms with Gasteiger partial charge in [-0.15, -0.1) is 0 Å². The fourth-order valence-electron chi connectivity index (χ4n) is 3.45. The van der Waals surface area contributed by atoms with Gasteiger partial charge in [0.05, 0.1) is 5.56 Å². The highest BCUT2D eigenvalue weighted by Gasteiger charge is 2.21. The van der Waals surface area contributed by atoms with Gasteiger partial charge < -0.3 is 14.7 Å². The summed E-state index contributed by atoms with van der Waals surface area (Å²) in [6, 6.07) is 15.1. The van der Waals surface area contributed by atoms with Crippen molar-refractivity contribution in [3.05, 3.63) is 71.0 Å². The van der Waals surface area contributed by atoms with Crippen molar-refractivity contribution < 1.29 is 14.3 Å². The number of benzene rings is 2. The van der Waals surface area contributed by atoms with Crippen molar-refractivity contribution in [3.8, 4) is 0 Å². The van der Waals surface area contributed by atoms with Crippen LogP contribution in [0.1, 0.15) is 32.1 Å². The number of hydrogen-bond donors (Lipinski definition) is 2. The molecule has 0 spiro atoms. The molecule has 0 unspecified atom stereocenters. The van der Waals surface area contributed by atoms with Crippen molar-refractivity contribution in [1.82, 2.24) is 9.97 Å². The molecule has 0 saturated carbocycles. The number of fused-ring (bicyclic) bond motifs is 2. The first-order chi connectivity index (χ1) is 12.6. The topological polar surface area (TPSA) is 75.0 Å². The highest BCUT2D eigenvalue weighted by Crippen LogP contribution is 2.24. The lowest BCUT2D eigenvalue weighted by molar-refractivity contribution is 0.0476. The van der Waals surface area contributed by atoms with Crippen LogP contribution in [0.5, 0.6) is 0 Å². The van der Waals surface area contributed by atoms with E-state index in [0.29, 0.717) is 11.1 Å². The molecule has 0 atom stereocenters. The van der Waals surface area contributed by atoms with Gasteiger partial charge in [-0.25, -0.2) is 4.79 Å². The van der Waals surface area contributed by atoms with E-state index in [2.05, 4.69) is 9.97 Å². The van der Waals surface area contributed by atoms with Crippen molar-refractivity contribution in [1.29, 1.82) is 0 Å². The summed E-state index contributed by atoms with van der Waals surface area (Å²) < 4.78 is 5.34. The molecule has 0 aliphatic carbocycles. The Morgan fingerprint density at radius 1 is 0.808 bits per heavy atom. The third kappa shape index (κ3) is 2.58. The third-order valence-electron chi connectivity index (χ3n) is 4.60. The minimum absolute atomic E-state index is 0.217. The van der Waals surface area contributed by atoms with E-state index in [0.717, 1.165) is 33.2 Å². The lowest BCUT2D eigenvalue weighted by Crippen LogP contribution is -2.15. The summed E-state index contributed by atoms with van der Waals surface area (Å²) in [5, 5.41) is 1.64. The van der Waals surface area contributed by atoms with E-state index in [1.165, 1.54) is 0 Å². The number of carbonyl (C=O) groups excluding carboxylic acids is 2. The smallest absolute Gasteiger partial charge is 0.341 e. The van der Waals surface area contributed by atoms with Gasteiger partial charge in [-0.1, -0.05) is 36.4 Å². The molecule has 0 radical (unpaired) electrons. The molecule has 2 heterocycles. The zero-order valence-electron chi connectivity index (χ0n) is 14.6. The molecular formula is C21H18N2O3. The number of aryl methyl sites for hydroxylation is 2. The number of para-hydroxylation sites is 2. The Hall–Kier alpha value is -3.34. The average molecular weight is 346 g/mol. The molecule has 2 aromatic heterocycles. The molecule has 0 amide bonds. The first-order valence-electron chi connectivity index (χ1n) is 8.41. The molecule has 26 heavy (non-hydrogen) atoms. The lowest BCUT2D eigenvalue weighted by Gasteiger charge is -2.05. The van der Waals surface area contributed by atoms with Crippen LogP contribution in [-0.2, 0) is 4.74 Å². The summed E-state index contributed by atoms with van der Waals surface area (Å²) >= 11 is 0. The standard InChI is InChI=1S/C21H18N2O3/c1-12-19(14-7-3-5-9-16(14)22-12)18(24)11-26-21(25)20-13(2)23-17-10-6-4-8-15(17)20/h3-10,22-23H,11H2,1-2H3. The third-order valence-corrected chi connectivity index (χ3v) is 4.60. The van der Waals surface area contributed by atoms with E-state index in [-0.39, 0.29) is 12.4 Å². The number of ether oxygens (including phenoxy) is 1. The zero-order chi connectivity index (χ0) is 18.3. The number of carbonyl (C=O) groups is 2. The van der Waals surface area contributed by atoms with Crippen LogP contribution in [0.3, 0.4) is 0 Å². The number of rotatable bonds is 4. The van der Waals surface area contributed by atoms with Crippen LogP contribution >= 0.6 is 0 Å². The number of H-pyrrole nitrogens is 2. The Balaban J connectivity index is 1.58. The predicted octanol–water partition coefficient (Wildman–Crippen LogP) is 4.31. The van der Waals surface area contributed by atoms with Crippen LogP contribution < -0.4 is 0 Å². The fraction of sp³-hybridized carbons (Fsp3) is 0.143. The van der Waals surface area contributed by atoms with E-state index in [1.54, 1.807) is 0 Å².